The summed E-state index contributed by atoms with van der Waals surface area (Å²) in [5.74, 6) is 1.60. The Morgan fingerprint density at radius 1 is 0.894 bits per heavy atom. The molecule has 0 unspecified atom stereocenters. The topological polar surface area (TPSA) is 105 Å². The molecule has 1 aliphatic rings. The Morgan fingerprint density at radius 3 is 2.23 bits per heavy atom. The molecule has 47 heavy (non-hydrogen) atoms. The smallest absolute Gasteiger partial charge is 0.324 e. The van der Waals surface area contributed by atoms with Gasteiger partial charge < -0.3 is 14.7 Å². The molecule has 3 aromatic carbocycles. The largest absolute Gasteiger partial charge is 0.360 e. The molecule has 5 aromatic rings. The lowest BCUT2D eigenvalue weighted by molar-refractivity contribution is 0.0689. The number of nitrogens with zero attached hydrogens (tertiary/aromatic N) is 4. The van der Waals surface area contributed by atoms with Crippen LogP contribution in [0.4, 0.5) is 16.3 Å². The van der Waals surface area contributed by atoms with Crippen molar-refractivity contribution in [3.05, 3.63) is 113 Å². The average Bonchev–Trinajstić information content (AvgIpc) is 3.66. The van der Waals surface area contributed by atoms with Gasteiger partial charge in [-0.3, -0.25) is 10.1 Å². The molecule has 0 saturated carbocycles. The summed E-state index contributed by atoms with van der Waals surface area (Å²) in [6.07, 6.45) is 2.76. The van der Waals surface area contributed by atoms with E-state index in [4.69, 9.17) is 9.62 Å². The van der Waals surface area contributed by atoms with Crippen LogP contribution >= 0.6 is 0 Å². The van der Waals surface area contributed by atoms with Crippen molar-refractivity contribution in [1.29, 1.82) is 0 Å². The third kappa shape index (κ3) is 7.30. The van der Waals surface area contributed by atoms with Crippen LogP contribution in [0.1, 0.15) is 66.6 Å². The van der Waals surface area contributed by atoms with Crippen molar-refractivity contribution in [2.45, 2.75) is 59.3 Å². The fourth-order valence-corrected chi connectivity index (χ4v) is 5.97. The van der Waals surface area contributed by atoms with Crippen LogP contribution in [-0.2, 0) is 11.8 Å². The van der Waals surface area contributed by atoms with E-state index in [0.717, 1.165) is 41.8 Å². The van der Waals surface area contributed by atoms with Crippen molar-refractivity contribution in [3.63, 3.8) is 0 Å². The highest BCUT2D eigenvalue weighted by Gasteiger charge is 2.29. The van der Waals surface area contributed by atoms with E-state index >= 15 is 0 Å². The van der Waals surface area contributed by atoms with Crippen molar-refractivity contribution < 1.29 is 14.1 Å². The molecular formula is C38H42N6O3. The molecule has 0 radical (unpaired) electrons. The van der Waals surface area contributed by atoms with Gasteiger partial charge in [-0.05, 0) is 68.9 Å². The summed E-state index contributed by atoms with van der Waals surface area (Å²) in [6.45, 7) is 11.5. The molecule has 1 saturated heterocycles. The first kappa shape index (κ1) is 31.8. The normalized spacial score (nSPS) is 13.9. The second-order valence-electron chi connectivity index (χ2n) is 13.5. The predicted molar refractivity (Wildman–Crippen MR) is 185 cm³/mol. The van der Waals surface area contributed by atoms with Crippen molar-refractivity contribution >= 4 is 23.4 Å². The van der Waals surface area contributed by atoms with Crippen LogP contribution < -0.4 is 10.6 Å². The summed E-state index contributed by atoms with van der Waals surface area (Å²) in [4.78, 5) is 28.5. The Bertz CT molecular complexity index is 1840. The SMILES string of the molecule is Cc1ccc(-n2nc(C(C)(C)C)cc2NC(=O)Nc2ccc(CC3CCN(C(=O)c4c(-c5ccccc5)noc4C)CC3)cc2)cc1. The van der Waals surface area contributed by atoms with Crippen molar-refractivity contribution in [1.82, 2.24) is 19.8 Å². The van der Waals surface area contributed by atoms with Gasteiger partial charge in [0, 0.05) is 35.8 Å². The molecule has 6 rings (SSSR count). The van der Waals surface area contributed by atoms with E-state index in [-0.39, 0.29) is 17.4 Å². The van der Waals surface area contributed by atoms with Gasteiger partial charge in [-0.1, -0.05) is 86.1 Å². The lowest BCUT2D eigenvalue weighted by atomic mass is 9.89. The second-order valence-corrected chi connectivity index (χ2v) is 13.5. The fraction of sp³-hybridized carbons (Fsp3) is 0.316. The van der Waals surface area contributed by atoms with Crippen LogP contribution in [0.2, 0.25) is 0 Å². The molecule has 9 nitrogen and oxygen atoms in total. The van der Waals surface area contributed by atoms with Gasteiger partial charge in [0.15, 0.2) is 0 Å². The molecule has 0 spiro atoms. The van der Waals surface area contributed by atoms with Gasteiger partial charge in [-0.15, -0.1) is 0 Å². The summed E-state index contributed by atoms with van der Waals surface area (Å²) >= 11 is 0. The highest BCUT2D eigenvalue weighted by Crippen LogP contribution is 2.30. The summed E-state index contributed by atoms with van der Waals surface area (Å²) in [6, 6.07) is 27.3. The maximum Gasteiger partial charge on any atom is 0.324 e. The van der Waals surface area contributed by atoms with Gasteiger partial charge >= 0.3 is 6.03 Å². The molecule has 242 valence electrons. The number of hydrogen-bond donors (Lipinski definition) is 2. The highest BCUT2D eigenvalue weighted by molar-refractivity contribution is 6.01. The zero-order valence-electron chi connectivity index (χ0n) is 27.7. The van der Waals surface area contributed by atoms with Crippen LogP contribution in [0.15, 0.2) is 89.5 Å². The zero-order chi connectivity index (χ0) is 33.1. The van der Waals surface area contributed by atoms with E-state index in [2.05, 4.69) is 48.7 Å². The molecular weight excluding hydrogens is 588 g/mol. The number of anilines is 2. The number of piperidine rings is 1. The quantitative estimate of drug-likeness (QED) is 0.189. The minimum atomic E-state index is -0.331. The number of likely N-dealkylation sites (tertiary alicyclic amines) is 1. The van der Waals surface area contributed by atoms with Crippen molar-refractivity contribution in [3.8, 4) is 16.9 Å². The number of carbonyl (C=O) groups excluding carboxylic acids is 2. The minimum absolute atomic E-state index is 0.0219. The molecule has 0 bridgehead atoms. The van der Waals surface area contributed by atoms with E-state index in [1.54, 1.807) is 11.6 Å². The summed E-state index contributed by atoms with van der Waals surface area (Å²) < 4.78 is 7.21. The third-order valence-electron chi connectivity index (χ3n) is 8.76. The Kier molecular flexibility index (Phi) is 8.98. The Hall–Kier alpha value is -5.18. The molecule has 1 aliphatic heterocycles. The first-order valence-corrected chi connectivity index (χ1v) is 16.2. The predicted octanol–water partition coefficient (Wildman–Crippen LogP) is 8.18. The van der Waals surface area contributed by atoms with Crippen LogP contribution in [0, 0.1) is 19.8 Å². The third-order valence-corrected chi connectivity index (χ3v) is 8.76. The number of amides is 3. The minimum Gasteiger partial charge on any atom is -0.360 e. The Morgan fingerprint density at radius 2 is 1.57 bits per heavy atom. The van der Waals surface area contributed by atoms with Gasteiger partial charge in [0.05, 0.1) is 11.4 Å². The van der Waals surface area contributed by atoms with Gasteiger partial charge in [-0.2, -0.15) is 5.10 Å². The van der Waals surface area contributed by atoms with E-state index < -0.39 is 0 Å². The summed E-state index contributed by atoms with van der Waals surface area (Å²) in [7, 11) is 0. The lowest BCUT2D eigenvalue weighted by Gasteiger charge is -2.32. The van der Waals surface area contributed by atoms with E-state index in [1.165, 1.54) is 5.56 Å². The standard InChI is InChI=1S/C38H42N6O3/c1-25-11-17-31(18-12-25)44-33(24-32(41-44)38(3,4)5)40-37(46)39-30-15-13-27(14-16-30)23-28-19-21-43(22-20-28)36(45)34-26(2)47-42-35(34)29-9-7-6-8-10-29/h6-18,24,28H,19-23H2,1-5H3,(H2,39,40,46). The number of hydrogen-bond acceptors (Lipinski definition) is 5. The first-order valence-electron chi connectivity index (χ1n) is 16.2. The van der Waals surface area contributed by atoms with Crippen molar-refractivity contribution in [2.24, 2.45) is 5.92 Å². The van der Waals surface area contributed by atoms with Crippen LogP contribution in [0.25, 0.3) is 16.9 Å². The monoisotopic (exact) mass is 630 g/mol. The van der Waals surface area contributed by atoms with Crippen LogP contribution in [0.3, 0.4) is 0 Å². The second kappa shape index (κ2) is 13.3. The molecule has 9 heteroatoms. The number of benzene rings is 3. The number of carbonyl (C=O) groups is 2. The number of aryl methyl sites for hydroxylation is 2. The molecule has 2 N–H and O–H groups in total. The van der Waals surface area contributed by atoms with Crippen LogP contribution in [-0.4, -0.2) is 44.9 Å². The number of aromatic nitrogens is 3. The van der Waals surface area contributed by atoms with E-state index in [9.17, 15) is 9.59 Å². The van der Waals surface area contributed by atoms with Gasteiger partial charge in [0.1, 0.15) is 22.8 Å². The maximum atomic E-state index is 13.5. The summed E-state index contributed by atoms with van der Waals surface area (Å²) in [5.41, 5.74) is 6.69. The highest BCUT2D eigenvalue weighted by atomic mass is 16.5. The van der Waals surface area contributed by atoms with E-state index in [0.29, 0.717) is 47.5 Å². The summed E-state index contributed by atoms with van der Waals surface area (Å²) in [5, 5.41) is 14.9. The lowest BCUT2D eigenvalue weighted by Crippen LogP contribution is -2.39. The fourth-order valence-electron chi connectivity index (χ4n) is 5.97. The van der Waals surface area contributed by atoms with Gasteiger partial charge in [0.2, 0.25) is 0 Å². The Labute approximate surface area is 276 Å². The molecule has 2 aromatic heterocycles. The van der Waals surface area contributed by atoms with Gasteiger partial charge in [-0.25, -0.2) is 9.48 Å². The average molecular weight is 631 g/mol. The molecule has 1 fully saturated rings. The van der Waals surface area contributed by atoms with Crippen LogP contribution in [0.5, 0.6) is 0 Å². The molecule has 3 amide bonds. The maximum absolute atomic E-state index is 13.5. The first-order chi connectivity index (χ1) is 22.5. The van der Waals surface area contributed by atoms with Gasteiger partial charge in [0.25, 0.3) is 5.91 Å². The molecule has 0 atom stereocenters. The van der Waals surface area contributed by atoms with E-state index in [1.807, 2.05) is 84.6 Å². The van der Waals surface area contributed by atoms with Crippen molar-refractivity contribution in [2.75, 3.05) is 23.7 Å². The number of nitrogens with one attached hydrogen (secondary N) is 2. The Balaban J connectivity index is 1.04. The number of rotatable bonds is 7. The molecule has 3 heterocycles. The number of urea groups is 1. The molecule has 0 aliphatic carbocycles. The zero-order valence-corrected chi connectivity index (χ0v) is 27.7.